The van der Waals surface area contributed by atoms with Gasteiger partial charge in [0.05, 0.1) is 22.4 Å². The number of nitrogens with zero attached hydrogens (tertiary/aromatic N) is 4. The normalized spacial score (nSPS) is 11.1. The van der Waals surface area contributed by atoms with E-state index in [1.54, 1.807) is 0 Å². The van der Waals surface area contributed by atoms with Crippen LogP contribution in [0.1, 0.15) is 5.56 Å². The van der Waals surface area contributed by atoms with Crippen molar-refractivity contribution in [2.45, 2.75) is 6.92 Å². The summed E-state index contributed by atoms with van der Waals surface area (Å²) >= 11 is 0. The van der Waals surface area contributed by atoms with Gasteiger partial charge in [-0.15, -0.1) is 10.2 Å². The number of hydrogen-bond acceptors (Lipinski definition) is 5. The largest absolute Gasteiger partial charge is 0.416 e. The number of para-hydroxylation sites is 2. The molecule has 0 unspecified atom stereocenters. The SMILES string of the molecule is Cc1ccc(-c2nnc(-c3ccc(-c4ccc(-c5nc6ccccc6nc5-c5ccccc5)cc4)cc3)o2)cc1. The second-order valence-electron chi connectivity index (χ2n) is 9.71. The van der Waals surface area contributed by atoms with Crippen molar-refractivity contribution in [3.8, 4) is 56.6 Å². The highest BCUT2D eigenvalue weighted by molar-refractivity contribution is 5.86. The van der Waals surface area contributed by atoms with E-state index in [4.69, 9.17) is 14.4 Å². The summed E-state index contributed by atoms with van der Waals surface area (Å²) in [6.45, 7) is 2.05. The van der Waals surface area contributed by atoms with Crippen LogP contribution in [-0.2, 0) is 0 Å². The monoisotopic (exact) mass is 516 g/mol. The molecule has 0 aliphatic carbocycles. The molecule has 0 saturated carbocycles. The summed E-state index contributed by atoms with van der Waals surface area (Å²) in [5, 5.41) is 8.49. The van der Waals surface area contributed by atoms with Crippen molar-refractivity contribution in [1.82, 2.24) is 20.2 Å². The smallest absolute Gasteiger partial charge is 0.248 e. The van der Waals surface area contributed by atoms with Gasteiger partial charge in [0.15, 0.2) is 0 Å². The van der Waals surface area contributed by atoms with E-state index in [0.29, 0.717) is 11.8 Å². The third-order valence-electron chi connectivity index (χ3n) is 6.96. The summed E-state index contributed by atoms with van der Waals surface area (Å²) in [4.78, 5) is 9.99. The van der Waals surface area contributed by atoms with Crippen molar-refractivity contribution in [2.75, 3.05) is 0 Å². The van der Waals surface area contributed by atoms with Gasteiger partial charge in [0.25, 0.3) is 0 Å². The minimum atomic E-state index is 0.501. The Morgan fingerprint density at radius 3 is 1.32 bits per heavy atom. The van der Waals surface area contributed by atoms with Gasteiger partial charge < -0.3 is 4.42 Å². The number of rotatable bonds is 5. The van der Waals surface area contributed by atoms with E-state index < -0.39 is 0 Å². The molecular formula is C35H24N4O. The van der Waals surface area contributed by atoms with Crippen molar-refractivity contribution in [3.05, 3.63) is 133 Å². The van der Waals surface area contributed by atoms with Crippen molar-refractivity contribution in [2.24, 2.45) is 0 Å². The van der Waals surface area contributed by atoms with E-state index in [2.05, 4.69) is 65.7 Å². The minimum absolute atomic E-state index is 0.501. The Hall–Kier alpha value is -5.42. The standard InChI is InChI=1S/C35H24N4O/c1-23-11-13-28(14-12-23)34-38-39-35(40-34)29-21-17-25(18-22-29)24-15-19-27(20-16-24)33-32(26-7-3-2-4-8-26)36-30-9-5-6-10-31(30)37-33/h2-22H,1H3. The molecule has 190 valence electrons. The molecule has 0 radical (unpaired) electrons. The van der Waals surface area contributed by atoms with Crippen LogP contribution in [0.4, 0.5) is 0 Å². The molecule has 0 amide bonds. The van der Waals surface area contributed by atoms with Crippen molar-refractivity contribution < 1.29 is 4.42 Å². The van der Waals surface area contributed by atoms with Crippen LogP contribution in [0.3, 0.4) is 0 Å². The lowest BCUT2D eigenvalue weighted by Gasteiger charge is -2.11. The van der Waals surface area contributed by atoms with Crippen LogP contribution in [0.2, 0.25) is 0 Å². The van der Waals surface area contributed by atoms with Crippen molar-refractivity contribution in [3.63, 3.8) is 0 Å². The highest BCUT2D eigenvalue weighted by atomic mass is 16.4. The third kappa shape index (κ3) is 4.54. The average molecular weight is 517 g/mol. The first-order valence-electron chi connectivity index (χ1n) is 13.2. The predicted octanol–water partition coefficient (Wildman–Crippen LogP) is 8.66. The van der Waals surface area contributed by atoms with Gasteiger partial charge in [-0.2, -0.15) is 0 Å². The summed E-state index contributed by atoms with van der Waals surface area (Å²) in [5.74, 6) is 1.02. The van der Waals surface area contributed by atoms with Gasteiger partial charge in [0.1, 0.15) is 0 Å². The van der Waals surface area contributed by atoms with Crippen molar-refractivity contribution in [1.29, 1.82) is 0 Å². The van der Waals surface area contributed by atoms with Crippen LogP contribution in [0.25, 0.3) is 67.6 Å². The molecule has 7 rings (SSSR count). The zero-order chi connectivity index (χ0) is 26.9. The number of aryl methyl sites for hydroxylation is 1. The van der Waals surface area contributed by atoms with Gasteiger partial charge in [-0.1, -0.05) is 96.6 Å². The molecule has 0 spiro atoms. The molecule has 5 aromatic carbocycles. The third-order valence-corrected chi connectivity index (χ3v) is 6.96. The van der Waals surface area contributed by atoms with Crippen LogP contribution in [0.15, 0.2) is 132 Å². The second kappa shape index (κ2) is 10.0. The Balaban J connectivity index is 1.18. The average Bonchev–Trinajstić information content (AvgIpc) is 3.52. The van der Waals surface area contributed by atoms with E-state index in [0.717, 1.165) is 55.8 Å². The number of benzene rings is 5. The minimum Gasteiger partial charge on any atom is -0.416 e. The van der Waals surface area contributed by atoms with Gasteiger partial charge in [-0.05, 0) is 54.4 Å². The lowest BCUT2D eigenvalue weighted by molar-refractivity contribution is 0.584. The lowest BCUT2D eigenvalue weighted by atomic mass is 9.99. The zero-order valence-corrected chi connectivity index (χ0v) is 21.8. The molecular weight excluding hydrogens is 492 g/mol. The van der Waals surface area contributed by atoms with E-state index in [9.17, 15) is 0 Å². The Kier molecular flexibility index (Phi) is 5.94. The van der Waals surface area contributed by atoms with Crippen LogP contribution >= 0.6 is 0 Å². The molecule has 0 aliphatic heterocycles. The van der Waals surface area contributed by atoms with Crippen LogP contribution < -0.4 is 0 Å². The van der Waals surface area contributed by atoms with E-state index in [1.165, 1.54) is 5.56 Å². The molecule has 0 atom stereocenters. The summed E-state index contributed by atoms with van der Waals surface area (Å²) in [5.41, 5.74) is 10.8. The fourth-order valence-corrected chi connectivity index (χ4v) is 4.78. The van der Waals surface area contributed by atoms with E-state index in [1.807, 2.05) is 78.9 Å². The maximum Gasteiger partial charge on any atom is 0.248 e. The molecule has 0 bridgehead atoms. The molecule has 0 aliphatic rings. The summed E-state index contributed by atoms with van der Waals surface area (Å²) in [7, 11) is 0. The maximum absolute atomic E-state index is 5.95. The fraction of sp³-hybridized carbons (Fsp3) is 0.0286. The Bertz CT molecular complexity index is 1930. The van der Waals surface area contributed by atoms with E-state index in [-0.39, 0.29) is 0 Å². The highest BCUT2D eigenvalue weighted by Gasteiger charge is 2.14. The first-order chi connectivity index (χ1) is 19.7. The second-order valence-corrected chi connectivity index (χ2v) is 9.71. The molecule has 0 saturated heterocycles. The Morgan fingerprint density at radius 2 is 0.800 bits per heavy atom. The topological polar surface area (TPSA) is 64.7 Å². The lowest BCUT2D eigenvalue weighted by Crippen LogP contribution is -1.95. The van der Waals surface area contributed by atoms with Crippen LogP contribution in [-0.4, -0.2) is 20.2 Å². The molecule has 5 heteroatoms. The maximum atomic E-state index is 5.95. The first kappa shape index (κ1) is 23.7. The number of hydrogen-bond donors (Lipinski definition) is 0. The molecule has 5 nitrogen and oxygen atoms in total. The molecule has 2 aromatic heterocycles. The van der Waals surface area contributed by atoms with Gasteiger partial charge in [0.2, 0.25) is 11.8 Å². The van der Waals surface area contributed by atoms with Gasteiger partial charge in [0, 0.05) is 22.3 Å². The molecule has 2 heterocycles. The quantitative estimate of drug-likeness (QED) is 0.229. The first-order valence-corrected chi connectivity index (χ1v) is 13.2. The van der Waals surface area contributed by atoms with Crippen LogP contribution in [0.5, 0.6) is 0 Å². The number of aromatic nitrogens is 4. The van der Waals surface area contributed by atoms with Gasteiger partial charge in [-0.25, -0.2) is 9.97 Å². The predicted molar refractivity (Wildman–Crippen MR) is 159 cm³/mol. The zero-order valence-electron chi connectivity index (χ0n) is 21.8. The van der Waals surface area contributed by atoms with Gasteiger partial charge in [-0.3, -0.25) is 0 Å². The Labute approximate surface area is 231 Å². The van der Waals surface area contributed by atoms with Crippen molar-refractivity contribution >= 4 is 11.0 Å². The van der Waals surface area contributed by atoms with Crippen LogP contribution in [0, 0.1) is 6.92 Å². The highest BCUT2D eigenvalue weighted by Crippen LogP contribution is 2.33. The Morgan fingerprint density at radius 1 is 0.400 bits per heavy atom. The van der Waals surface area contributed by atoms with E-state index >= 15 is 0 Å². The summed E-state index contributed by atoms with van der Waals surface area (Å²) < 4.78 is 5.95. The fourth-order valence-electron chi connectivity index (χ4n) is 4.78. The number of fused-ring (bicyclic) bond motifs is 1. The van der Waals surface area contributed by atoms with Gasteiger partial charge >= 0.3 is 0 Å². The summed E-state index contributed by atoms with van der Waals surface area (Å²) in [6.07, 6.45) is 0. The molecule has 0 N–H and O–H groups in total. The molecule has 40 heavy (non-hydrogen) atoms. The molecule has 7 aromatic rings. The molecule has 0 fully saturated rings. The summed E-state index contributed by atoms with van der Waals surface area (Å²) in [6, 6.07) is 42.9.